The van der Waals surface area contributed by atoms with Gasteiger partial charge in [-0.2, -0.15) is 9.97 Å². The van der Waals surface area contributed by atoms with Crippen LogP contribution in [0, 0.1) is 0 Å². The lowest BCUT2D eigenvalue weighted by Gasteiger charge is -2.11. The molecule has 0 N–H and O–H groups in total. The van der Waals surface area contributed by atoms with E-state index in [0.717, 1.165) is 77.1 Å². The van der Waals surface area contributed by atoms with Crippen LogP contribution in [0.25, 0.3) is 112 Å². The van der Waals surface area contributed by atoms with Gasteiger partial charge in [-0.25, -0.2) is 19.9 Å². The monoisotopic (exact) mass is 794 g/mol. The largest absolute Gasteiger partial charge is 0.309 e. The quantitative estimate of drug-likeness (QED) is 0.160. The minimum absolute atomic E-state index is 0.562. The third kappa shape index (κ3) is 5.92. The van der Waals surface area contributed by atoms with E-state index >= 15 is 0 Å². The lowest BCUT2D eigenvalue weighted by Crippen LogP contribution is -2.06. The molecule has 0 aliphatic rings. The average molecular weight is 795 g/mol. The van der Waals surface area contributed by atoms with Crippen LogP contribution in [0.2, 0.25) is 0 Å². The van der Waals surface area contributed by atoms with Crippen molar-refractivity contribution in [3.8, 4) is 68.6 Å². The molecule has 290 valence electrons. The highest BCUT2D eigenvalue weighted by Gasteiger charge is 2.23. The van der Waals surface area contributed by atoms with Gasteiger partial charge in [0, 0.05) is 55.0 Å². The first-order valence-electron chi connectivity index (χ1n) is 20.6. The molecule has 62 heavy (non-hydrogen) atoms. The molecule has 0 atom stereocenters. The fourth-order valence-electron chi connectivity index (χ4n) is 8.61. The molecule has 0 spiro atoms. The zero-order valence-electron chi connectivity index (χ0n) is 33.2. The number of para-hydroxylation sites is 2. The van der Waals surface area contributed by atoms with E-state index in [2.05, 4.69) is 94.1 Å². The molecule has 4 heterocycles. The van der Waals surface area contributed by atoms with Crippen LogP contribution in [0.3, 0.4) is 0 Å². The highest BCUT2D eigenvalue weighted by atomic mass is 15.2. The van der Waals surface area contributed by atoms with Gasteiger partial charge in [0.05, 0.1) is 22.1 Å². The molecule has 0 saturated heterocycles. The van der Waals surface area contributed by atoms with Crippen LogP contribution in [0.1, 0.15) is 0 Å². The number of rotatable bonds is 7. The lowest BCUT2D eigenvalue weighted by molar-refractivity contribution is 0.953. The van der Waals surface area contributed by atoms with E-state index in [9.17, 15) is 0 Å². The highest BCUT2D eigenvalue weighted by Crippen LogP contribution is 2.42. The summed E-state index contributed by atoms with van der Waals surface area (Å²) in [5.74, 6) is 3.68. The van der Waals surface area contributed by atoms with Gasteiger partial charge >= 0.3 is 0 Å². The fourth-order valence-corrected chi connectivity index (χ4v) is 8.61. The zero-order chi connectivity index (χ0) is 41.0. The van der Waals surface area contributed by atoms with Crippen molar-refractivity contribution in [2.45, 2.75) is 0 Å². The molecule has 0 aliphatic carbocycles. The van der Waals surface area contributed by atoms with Crippen LogP contribution in [0.4, 0.5) is 0 Å². The molecular formula is C54H34N8. The lowest BCUT2D eigenvalue weighted by atomic mass is 10.1. The van der Waals surface area contributed by atoms with E-state index in [-0.39, 0.29) is 0 Å². The van der Waals surface area contributed by atoms with Crippen molar-refractivity contribution in [1.82, 2.24) is 39.0 Å². The van der Waals surface area contributed by atoms with Crippen LogP contribution < -0.4 is 0 Å². The predicted octanol–water partition coefficient (Wildman–Crippen LogP) is 12.6. The van der Waals surface area contributed by atoms with Gasteiger partial charge in [-0.3, -0.25) is 4.57 Å². The maximum Gasteiger partial charge on any atom is 0.238 e. The number of benzene rings is 8. The Morgan fingerprint density at radius 1 is 0.242 bits per heavy atom. The topological polar surface area (TPSA) is 87.2 Å². The Labute approximate surface area is 356 Å². The van der Waals surface area contributed by atoms with Crippen molar-refractivity contribution in [2.24, 2.45) is 0 Å². The van der Waals surface area contributed by atoms with Gasteiger partial charge in [-0.05, 0) is 48.5 Å². The fraction of sp³-hybridized carbons (Fsp3) is 0. The normalized spacial score (nSPS) is 11.5. The minimum atomic E-state index is 0.562. The summed E-state index contributed by atoms with van der Waals surface area (Å²) in [5, 5.41) is 4.57. The Balaban J connectivity index is 1.04. The SMILES string of the molecule is c1ccc(-c2nc(-c3ccccc3)nc(-c3ccc(-n4c5ccccc5c5c6c7ccccc7n(-c7nc(-c8ccccc8)nc(-c8ccccc8)n7)c6ccc54)cc3)n2)cc1. The molecule has 12 aromatic rings. The van der Waals surface area contributed by atoms with Crippen LogP contribution in [0.15, 0.2) is 206 Å². The van der Waals surface area contributed by atoms with Crippen LogP contribution in [0.5, 0.6) is 0 Å². The predicted molar refractivity (Wildman–Crippen MR) is 249 cm³/mol. The molecule has 0 saturated carbocycles. The maximum absolute atomic E-state index is 5.17. The van der Waals surface area contributed by atoms with Crippen LogP contribution in [-0.4, -0.2) is 39.0 Å². The first-order chi connectivity index (χ1) is 30.7. The zero-order valence-corrected chi connectivity index (χ0v) is 33.2. The molecule has 0 unspecified atom stereocenters. The molecule has 8 aromatic carbocycles. The Bertz CT molecular complexity index is 3490. The van der Waals surface area contributed by atoms with Gasteiger partial charge in [-0.15, -0.1) is 0 Å². The minimum Gasteiger partial charge on any atom is -0.309 e. The molecule has 0 amide bonds. The maximum atomic E-state index is 5.17. The Morgan fingerprint density at radius 3 is 0.984 bits per heavy atom. The summed E-state index contributed by atoms with van der Waals surface area (Å²) >= 11 is 0. The molecule has 8 nitrogen and oxygen atoms in total. The van der Waals surface area contributed by atoms with Gasteiger partial charge < -0.3 is 4.57 Å². The van der Waals surface area contributed by atoms with Gasteiger partial charge in [-0.1, -0.05) is 158 Å². The number of nitrogens with zero attached hydrogens (tertiary/aromatic N) is 8. The number of hydrogen-bond donors (Lipinski definition) is 0. The van der Waals surface area contributed by atoms with Crippen molar-refractivity contribution >= 4 is 43.6 Å². The van der Waals surface area contributed by atoms with E-state index in [1.165, 1.54) is 0 Å². The smallest absolute Gasteiger partial charge is 0.238 e. The Hall–Kier alpha value is -8.62. The summed E-state index contributed by atoms with van der Waals surface area (Å²) in [4.78, 5) is 30.2. The summed E-state index contributed by atoms with van der Waals surface area (Å²) in [6.07, 6.45) is 0. The third-order valence-corrected chi connectivity index (χ3v) is 11.4. The average Bonchev–Trinajstić information content (AvgIpc) is 3.88. The molecule has 0 aliphatic heterocycles. The van der Waals surface area contributed by atoms with E-state index in [1.807, 2.05) is 121 Å². The van der Waals surface area contributed by atoms with Crippen LogP contribution in [-0.2, 0) is 0 Å². The Morgan fingerprint density at radius 2 is 0.565 bits per heavy atom. The third-order valence-electron chi connectivity index (χ3n) is 11.4. The van der Waals surface area contributed by atoms with Crippen molar-refractivity contribution in [3.05, 3.63) is 206 Å². The van der Waals surface area contributed by atoms with E-state index < -0.39 is 0 Å². The summed E-state index contributed by atoms with van der Waals surface area (Å²) in [7, 11) is 0. The van der Waals surface area contributed by atoms with E-state index in [4.69, 9.17) is 29.9 Å². The van der Waals surface area contributed by atoms with Gasteiger partial charge in [0.25, 0.3) is 0 Å². The molecular weight excluding hydrogens is 761 g/mol. The van der Waals surface area contributed by atoms with Crippen molar-refractivity contribution in [2.75, 3.05) is 0 Å². The molecule has 0 fully saturated rings. The van der Waals surface area contributed by atoms with E-state index in [1.54, 1.807) is 0 Å². The number of aromatic nitrogens is 8. The summed E-state index contributed by atoms with van der Waals surface area (Å²) in [6, 6.07) is 70.5. The standard InChI is InChI=1S/C54H34N8/c1-5-17-35(18-6-1)49-55-50(36-19-7-2-8-20-36)57-51(56-49)39-29-31-40(32-30-39)61-43-27-15-13-25-41(43)47-45(61)33-34-46-48(47)42-26-14-16-28-44(42)62(46)54-59-52(37-21-9-3-10-22-37)58-53(60-54)38-23-11-4-12-24-38/h1-34H. The molecule has 4 aromatic heterocycles. The molecule has 8 heteroatoms. The summed E-state index contributed by atoms with van der Waals surface area (Å²) in [5.41, 5.74) is 9.89. The van der Waals surface area contributed by atoms with Gasteiger partial charge in [0.15, 0.2) is 29.1 Å². The second kappa shape index (κ2) is 14.6. The highest BCUT2D eigenvalue weighted by molar-refractivity contribution is 6.28. The number of fused-ring (bicyclic) bond motifs is 7. The second-order valence-electron chi connectivity index (χ2n) is 15.2. The first kappa shape index (κ1) is 35.3. The van der Waals surface area contributed by atoms with Crippen molar-refractivity contribution < 1.29 is 0 Å². The molecule has 0 radical (unpaired) electrons. The number of hydrogen-bond acceptors (Lipinski definition) is 6. The molecule has 12 rings (SSSR count). The molecule has 0 bridgehead atoms. The van der Waals surface area contributed by atoms with E-state index in [0.29, 0.717) is 35.1 Å². The summed E-state index contributed by atoms with van der Waals surface area (Å²) < 4.78 is 4.54. The van der Waals surface area contributed by atoms with Crippen molar-refractivity contribution in [1.29, 1.82) is 0 Å². The van der Waals surface area contributed by atoms with Gasteiger partial charge in [0.1, 0.15) is 0 Å². The van der Waals surface area contributed by atoms with Gasteiger partial charge in [0.2, 0.25) is 5.95 Å². The van der Waals surface area contributed by atoms with Crippen molar-refractivity contribution in [3.63, 3.8) is 0 Å². The second-order valence-corrected chi connectivity index (χ2v) is 15.2. The first-order valence-corrected chi connectivity index (χ1v) is 20.6. The Kier molecular flexibility index (Phi) is 8.31. The summed E-state index contributed by atoms with van der Waals surface area (Å²) in [6.45, 7) is 0. The van der Waals surface area contributed by atoms with Crippen LogP contribution >= 0.6 is 0 Å².